The standard InChI is InChI=1S/C36H34ClN3O5S2/c1-45-36(44)32-28-17-7-2-3-8-18-30(28)47-35(32)40-31(41)22-46-27-16-10-15-26(21-27)38-34(43)29(20-23-11-9-14-25(37)19-23)39-33(42)24-12-5-4-6-13-24/h4-6,9-16,19-21H,2-3,7-8,17-18,22H2,1H3,(H,38,43)(H,39,42)(H,40,41)/b29-20-. The molecule has 3 aromatic carbocycles. The first-order valence-corrected chi connectivity index (χ1v) is 17.4. The average molecular weight is 688 g/mol. The van der Waals surface area contributed by atoms with Gasteiger partial charge in [0, 0.05) is 26.0 Å². The number of amides is 3. The topological polar surface area (TPSA) is 114 Å². The van der Waals surface area contributed by atoms with E-state index < -0.39 is 17.8 Å². The largest absolute Gasteiger partial charge is 0.465 e. The van der Waals surface area contributed by atoms with Crippen LogP contribution in [0.1, 0.15) is 62.4 Å². The van der Waals surface area contributed by atoms with Crippen LogP contribution in [0.5, 0.6) is 0 Å². The summed E-state index contributed by atoms with van der Waals surface area (Å²) in [6.45, 7) is 0. The van der Waals surface area contributed by atoms with Gasteiger partial charge in [0.15, 0.2) is 0 Å². The van der Waals surface area contributed by atoms with Crippen LogP contribution in [0.25, 0.3) is 6.08 Å². The first-order valence-electron chi connectivity index (χ1n) is 15.2. The smallest absolute Gasteiger partial charge is 0.341 e. The Hall–Kier alpha value is -4.38. The number of benzene rings is 3. The summed E-state index contributed by atoms with van der Waals surface area (Å²) in [4.78, 5) is 54.1. The number of fused-ring (bicyclic) bond motifs is 1. The zero-order valence-corrected chi connectivity index (χ0v) is 28.2. The number of halogens is 1. The van der Waals surface area contributed by atoms with Crippen molar-refractivity contribution in [2.75, 3.05) is 23.5 Å². The van der Waals surface area contributed by atoms with E-state index in [1.54, 1.807) is 78.9 Å². The van der Waals surface area contributed by atoms with E-state index in [-0.39, 0.29) is 17.4 Å². The number of nitrogens with one attached hydrogen (secondary N) is 3. The number of aryl methyl sites for hydroxylation is 1. The lowest BCUT2D eigenvalue weighted by Crippen LogP contribution is -2.30. The van der Waals surface area contributed by atoms with Crippen LogP contribution in [0.2, 0.25) is 5.02 Å². The number of carbonyl (C=O) groups is 4. The molecule has 0 bridgehead atoms. The average Bonchev–Trinajstić information content (AvgIpc) is 3.38. The summed E-state index contributed by atoms with van der Waals surface area (Å²) in [7, 11) is 1.36. The lowest BCUT2D eigenvalue weighted by Gasteiger charge is -2.12. The van der Waals surface area contributed by atoms with Crippen LogP contribution in [-0.2, 0) is 27.2 Å². The third kappa shape index (κ3) is 9.34. The fraction of sp³-hybridized carbons (Fsp3) is 0.222. The first kappa shape index (κ1) is 34.0. The number of anilines is 2. The van der Waals surface area contributed by atoms with Crippen molar-refractivity contribution >= 4 is 75.2 Å². The Labute approximate surface area is 286 Å². The lowest BCUT2D eigenvalue weighted by atomic mass is 9.96. The molecule has 3 amide bonds. The van der Waals surface area contributed by atoms with E-state index in [1.807, 2.05) is 6.07 Å². The highest BCUT2D eigenvalue weighted by Gasteiger charge is 2.26. The Bertz CT molecular complexity index is 1810. The minimum absolute atomic E-state index is 0.0324. The Morgan fingerprint density at radius 3 is 2.43 bits per heavy atom. The number of rotatable bonds is 10. The van der Waals surface area contributed by atoms with Gasteiger partial charge in [0.2, 0.25) is 5.91 Å². The van der Waals surface area contributed by atoms with Gasteiger partial charge in [-0.2, -0.15) is 0 Å². The molecule has 8 nitrogen and oxygen atoms in total. The Morgan fingerprint density at radius 1 is 0.894 bits per heavy atom. The molecular formula is C36H34ClN3O5S2. The SMILES string of the molecule is COC(=O)c1c(NC(=O)CSc2cccc(NC(=O)/C(=C/c3cccc(Cl)c3)NC(=O)c3ccccc3)c2)sc2c1CCCCCC2. The molecule has 4 aromatic rings. The number of thiophene rings is 1. The van der Waals surface area contributed by atoms with Crippen LogP contribution in [0, 0.1) is 0 Å². The summed E-state index contributed by atoms with van der Waals surface area (Å²) >= 11 is 8.91. The summed E-state index contributed by atoms with van der Waals surface area (Å²) in [5.74, 6) is -1.55. The van der Waals surface area contributed by atoms with E-state index >= 15 is 0 Å². The highest BCUT2D eigenvalue weighted by Crippen LogP contribution is 2.37. The first-order chi connectivity index (χ1) is 22.8. The number of hydrogen-bond acceptors (Lipinski definition) is 7. The van der Waals surface area contributed by atoms with Crippen LogP contribution < -0.4 is 16.0 Å². The molecule has 1 aliphatic carbocycles. The van der Waals surface area contributed by atoms with Crippen molar-refractivity contribution < 1.29 is 23.9 Å². The zero-order valence-electron chi connectivity index (χ0n) is 25.8. The molecule has 0 saturated carbocycles. The quantitative estimate of drug-likeness (QED) is 0.0885. The van der Waals surface area contributed by atoms with Crippen molar-refractivity contribution in [1.82, 2.24) is 5.32 Å². The van der Waals surface area contributed by atoms with Gasteiger partial charge in [-0.1, -0.05) is 60.8 Å². The molecule has 11 heteroatoms. The maximum absolute atomic E-state index is 13.5. The van der Waals surface area contributed by atoms with Crippen molar-refractivity contribution in [3.8, 4) is 0 Å². The van der Waals surface area contributed by atoms with Crippen LogP contribution in [0.3, 0.4) is 0 Å². The molecule has 0 spiro atoms. The fourth-order valence-electron chi connectivity index (χ4n) is 5.20. The van der Waals surface area contributed by atoms with E-state index in [9.17, 15) is 19.2 Å². The Balaban J connectivity index is 1.27. The number of esters is 1. The van der Waals surface area contributed by atoms with Crippen molar-refractivity contribution in [3.63, 3.8) is 0 Å². The minimum Gasteiger partial charge on any atom is -0.465 e. The van der Waals surface area contributed by atoms with Gasteiger partial charge >= 0.3 is 5.97 Å². The van der Waals surface area contributed by atoms with Gasteiger partial charge in [-0.25, -0.2) is 4.79 Å². The predicted molar refractivity (Wildman–Crippen MR) is 189 cm³/mol. The van der Waals surface area contributed by atoms with Crippen LogP contribution in [-0.4, -0.2) is 36.6 Å². The maximum Gasteiger partial charge on any atom is 0.341 e. The van der Waals surface area contributed by atoms with Gasteiger partial charge in [0.05, 0.1) is 18.4 Å². The zero-order chi connectivity index (χ0) is 33.2. The summed E-state index contributed by atoms with van der Waals surface area (Å²) in [6.07, 6.45) is 7.58. The van der Waals surface area contributed by atoms with Crippen molar-refractivity contribution in [1.29, 1.82) is 0 Å². The molecule has 0 aliphatic heterocycles. The van der Waals surface area contributed by atoms with Gasteiger partial charge in [-0.3, -0.25) is 14.4 Å². The molecule has 0 atom stereocenters. The summed E-state index contributed by atoms with van der Waals surface area (Å²) < 4.78 is 5.07. The van der Waals surface area contributed by atoms with Crippen molar-refractivity contribution in [2.24, 2.45) is 0 Å². The van der Waals surface area contributed by atoms with Gasteiger partial charge in [-0.15, -0.1) is 23.1 Å². The maximum atomic E-state index is 13.5. The van der Waals surface area contributed by atoms with Gasteiger partial charge < -0.3 is 20.7 Å². The summed E-state index contributed by atoms with van der Waals surface area (Å²) in [5.41, 5.74) is 3.03. The molecule has 0 unspecified atom stereocenters. The van der Waals surface area contributed by atoms with Crippen molar-refractivity contribution in [3.05, 3.63) is 117 Å². The van der Waals surface area contributed by atoms with Gasteiger partial charge in [0.25, 0.3) is 11.8 Å². The van der Waals surface area contributed by atoms with E-state index in [2.05, 4.69) is 16.0 Å². The second-order valence-electron chi connectivity index (χ2n) is 10.9. The Morgan fingerprint density at radius 2 is 1.66 bits per heavy atom. The fourth-order valence-corrected chi connectivity index (χ4v) is 7.45. The number of carbonyl (C=O) groups excluding carboxylic acids is 4. The van der Waals surface area contributed by atoms with E-state index in [0.29, 0.717) is 32.4 Å². The number of ether oxygens (including phenoxy) is 1. The minimum atomic E-state index is -0.530. The van der Waals surface area contributed by atoms with E-state index in [0.717, 1.165) is 53.9 Å². The van der Waals surface area contributed by atoms with Gasteiger partial charge in [-0.05, 0) is 85.4 Å². The summed E-state index contributed by atoms with van der Waals surface area (Å²) in [6, 6.07) is 22.6. The third-order valence-electron chi connectivity index (χ3n) is 7.46. The molecule has 0 saturated heterocycles. The summed E-state index contributed by atoms with van der Waals surface area (Å²) in [5, 5.41) is 9.54. The highest BCUT2D eigenvalue weighted by atomic mass is 35.5. The number of methoxy groups -OCH3 is 1. The molecule has 3 N–H and O–H groups in total. The van der Waals surface area contributed by atoms with Crippen LogP contribution in [0.15, 0.2) is 89.5 Å². The Kier molecular flexibility index (Phi) is 11.9. The molecule has 1 heterocycles. The van der Waals surface area contributed by atoms with Crippen molar-refractivity contribution in [2.45, 2.75) is 43.4 Å². The molecule has 47 heavy (non-hydrogen) atoms. The molecule has 1 aromatic heterocycles. The molecular weight excluding hydrogens is 654 g/mol. The molecule has 0 radical (unpaired) electrons. The monoisotopic (exact) mass is 687 g/mol. The van der Waals surface area contributed by atoms with E-state index in [1.165, 1.54) is 30.2 Å². The van der Waals surface area contributed by atoms with Crippen LogP contribution in [0.4, 0.5) is 10.7 Å². The second-order valence-corrected chi connectivity index (χ2v) is 13.5. The van der Waals surface area contributed by atoms with E-state index in [4.69, 9.17) is 16.3 Å². The van der Waals surface area contributed by atoms with Crippen LogP contribution >= 0.6 is 34.7 Å². The number of hydrogen-bond donors (Lipinski definition) is 3. The highest BCUT2D eigenvalue weighted by molar-refractivity contribution is 8.00. The number of thioether (sulfide) groups is 1. The molecule has 242 valence electrons. The van der Waals surface area contributed by atoms with Gasteiger partial charge in [0.1, 0.15) is 10.7 Å². The predicted octanol–water partition coefficient (Wildman–Crippen LogP) is 7.99. The lowest BCUT2D eigenvalue weighted by molar-refractivity contribution is -0.114. The third-order valence-corrected chi connectivity index (χ3v) is 9.90. The second kappa shape index (κ2) is 16.4. The molecule has 1 aliphatic rings. The molecule has 5 rings (SSSR count). The normalized spacial score (nSPS) is 13.0. The molecule has 0 fully saturated rings.